The molecule has 3 amide bonds. The summed E-state index contributed by atoms with van der Waals surface area (Å²) in [7, 11) is 1.70. The third-order valence-electron chi connectivity index (χ3n) is 5.23. The van der Waals surface area contributed by atoms with E-state index in [4.69, 9.17) is 4.74 Å². The Bertz CT molecular complexity index is 948. The van der Waals surface area contributed by atoms with Gasteiger partial charge in [0.15, 0.2) is 0 Å². The summed E-state index contributed by atoms with van der Waals surface area (Å²) >= 11 is 0. The summed E-state index contributed by atoms with van der Waals surface area (Å²) in [5.74, 6) is 0.679. The van der Waals surface area contributed by atoms with Crippen molar-refractivity contribution in [1.82, 2.24) is 10.2 Å². The van der Waals surface area contributed by atoms with Gasteiger partial charge in [0.2, 0.25) is 0 Å². The van der Waals surface area contributed by atoms with E-state index in [9.17, 15) is 9.59 Å². The van der Waals surface area contributed by atoms with Crippen molar-refractivity contribution in [2.24, 2.45) is 0 Å². The molecule has 2 aromatic rings. The number of anilines is 1. The lowest BCUT2D eigenvalue weighted by Crippen LogP contribution is -2.45. The van der Waals surface area contributed by atoms with Crippen LogP contribution in [-0.2, 0) is 4.79 Å². The van der Waals surface area contributed by atoms with E-state index in [1.54, 1.807) is 11.9 Å². The van der Waals surface area contributed by atoms with Crippen molar-refractivity contribution in [1.29, 1.82) is 0 Å². The molecule has 0 fully saturated rings. The van der Waals surface area contributed by atoms with Gasteiger partial charge >= 0.3 is 6.03 Å². The average molecular weight is 377 g/mol. The molecule has 0 spiro atoms. The number of ether oxygens (including phenoxy) is 1. The molecule has 0 radical (unpaired) electrons. The number of rotatable bonds is 4. The Morgan fingerprint density at radius 1 is 1.07 bits per heavy atom. The number of hydrogen-bond acceptors (Lipinski definition) is 3. The van der Waals surface area contributed by atoms with Gasteiger partial charge in [0.05, 0.1) is 30.5 Å². The number of urea groups is 1. The molecule has 2 heterocycles. The first-order chi connectivity index (χ1) is 13.5. The molecule has 0 aromatic heterocycles. The van der Waals surface area contributed by atoms with Gasteiger partial charge in [0.1, 0.15) is 5.75 Å². The Hall–Kier alpha value is -3.28. The van der Waals surface area contributed by atoms with Crippen molar-refractivity contribution < 1.29 is 14.3 Å². The summed E-state index contributed by atoms with van der Waals surface area (Å²) in [6.07, 6.45) is 0. The summed E-state index contributed by atoms with van der Waals surface area (Å²) in [5.41, 5.74) is 4.19. The second-order valence-electron chi connectivity index (χ2n) is 7.03. The molecule has 0 saturated heterocycles. The topological polar surface area (TPSA) is 61.9 Å². The third kappa shape index (κ3) is 3.01. The second-order valence-corrected chi connectivity index (χ2v) is 7.03. The fraction of sp³-hybridized carbons (Fsp3) is 0.273. The maximum absolute atomic E-state index is 13.3. The minimum Gasteiger partial charge on any atom is -0.494 e. The van der Waals surface area contributed by atoms with Crippen molar-refractivity contribution in [3.05, 3.63) is 70.9 Å². The first-order valence-electron chi connectivity index (χ1n) is 9.38. The quantitative estimate of drug-likeness (QED) is 0.888. The monoisotopic (exact) mass is 377 g/mol. The Labute approximate surface area is 164 Å². The summed E-state index contributed by atoms with van der Waals surface area (Å²) in [5, 5.41) is 2.96. The van der Waals surface area contributed by atoms with Crippen LogP contribution >= 0.6 is 0 Å². The highest BCUT2D eigenvalue weighted by Gasteiger charge is 2.43. The van der Waals surface area contributed by atoms with Gasteiger partial charge in [-0.25, -0.2) is 4.79 Å². The molecule has 4 rings (SSSR count). The van der Waals surface area contributed by atoms with Crippen LogP contribution in [0.1, 0.15) is 24.1 Å². The molecule has 0 bridgehead atoms. The van der Waals surface area contributed by atoms with Gasteiger partial charge in [-0.2, -0.15) is 0 Å². The van der Waals surface area contributed by atoms with Gasteiger partial charge in [0, 0.05) is 12.7 Å². The van der Waals surface area contributed by atoms with Crippen LogP contribution in [0.3, 0.4) is 0 Å². The van der Waals surface area contributed by atoms with Crippen molar-refractivity contribution in [3.63, 3.8) is 0 Å². The fourth-order valence-electron chi connectivity index (χ4n) is 3.67. The lowest BCUT2D eigenvalue weighted by Gasteiger charge is -2.31. The van der Waals surface area contributed by atoms with Crippen LogP contribution in [0.15, 0.2) is 59.8 Å². The van der Waals surface area contributed by atoms with Gasteiger partial charge < -0.3 is 15.0 Å². The van der Waals surface area contributed by atoms with Crippen LogP contribution in [0, 0.1) is 6.92 Å². The molecule has 0 aliphatic carbocycles. The molecule has 1 N–H and O–H groups in total. The molecule has 2 aromatic carbocycles. The SMILES string of the molecule is CCOc1ccc(N2CC3=C(C2=O)[C@H](c2ccc(C)cc2)NC(=O)N3C)cc1. The molecular formula is C22H23N3O3. The minimum atomic E-state index is -0.445. The summed E-state index contributed by atoms with van der Waals surface area (Å²) in [6, 6.07) is 14.7. The molecule has 1 atom stereocenters. The molecule has 2 aliphatic rings. The second kappa shape index (κ2) is 7.03. The molecule has 0 unspecified atom stereocenters. The van der Waals surface area contributed by atoms with Crippen LogP contribution < -0.4 is 15.0 Å². The van der Waals surface area contributed by atoms with E-state index in [1.165, 1.54) is 4.90 Å². The first kappa shape index (κ1) is 18.1. The fourth-order valence-corrected chi connectivity index (χ4v) is 3.67. The smallest absolute Gasteiger partial charge is 0.322 e. The van der Waals surface area contributed by atoms with E-state index < -0.39 is 6.04 Å². The molecule has 2 aliphatic heterocycles. The number of carbonyl (C=O) groups is 2. The summed E-state index contributed by atoms with van der Waals surface area (Å²) in [6.45, 7) is 4.90. The first-order valence-corrected chi connectivity index (χ1v) is 9.38. The normalized spacial score (nSPS) is 19.0. The van der Waals surface area contributed by atoms with Gasteiger partial charge in [-0.15, -0.1) is 0 Å². The average Bonchev–Trinajstić information content (AvgIpc) is 3.04. The third-order valence-corrected chi connectivity index (χ3v) is 5.23. The van der Waals surface area contributed by atoms with E-state index in [2.05, 4.69) is 5.32 Å². The van der Waals surface area contributed by atoms with E-state index in [1.807, 2.05) is 62.4 Å². The number of nitrogens with one attached hydrogen (secondary N) is 1. The highest BCUT2D eigenvalue weighted by Crippen LogP contribution is 2.37. The standard InChI is InChI=1S/C22H23N3O3/c1-4-28-17-11-9-16(10-12-17)25-13-18-19(21(25)26)20(23-22(27)24(18)3)15-7-5-14(2)6-8-15/h5-12,20H,4,13H2,1-3H3,(H,23,27)/t20-/m0/s1. The van der Waals surface area contributed by atoms with Crippen molar-refractivity contribution >= 4 is 17.6 Å². The lowest BCUT2D eigenvalue weighted by atomic mass is 9.95. The molecule has 144 valence electrons. The molecule has 6 nitrogen and oxygen atoms in total. The Morgan fingerprint density at radius 2 is 1.75 bits per heavy atom. The number of benzene rings is 2. The van der Waals surface area contributed by atoms with Crippen LogP contribution in [0.4, 0.5) is 10.5 Å². The highest BCUT2D eigenvalue weighted by atomic mass is 16.5. The summed E-state index contributed by atoms with van der Waals surface area (Å²) in [4.78, 5) is 29.0. The Balaban J connectivity index is 1.68. The van der Waals surface area contributed by atoms with Crippen LogP contribution in [-0.4, -0.2) is 37.0 Å². The largest absolute Gasteiger partial charge is 0.494 e. The molecule has 6 heteroatoms. The van der Waals surface area contributed by atoms with Crippen molar-refractivity contribution in [2.75, 3.05) is 25.1 Å². The molecule has 28 heavy (non-hydrogen) atoms. The van der Waals surface area contributed by atoms with E-state index in [-0.39, 0.29) is 11.9 Å². The minimum absolute atomic E-state index is 0.0865. The zero-order chi connectivity index (χ0) is 19.8. The van der Waals surface area contributed by atoms with Gasteiger partial charge in [0.25, 0.3) is 5.91 Å². The van der Waals surface area contributed by atoms with Crippen LogP contribution in [0.25, 0.3) is 0 Å². The maximum Gasteiger partial charge on any atom is 0.322 e. The molecule has 0 saturated carbocycles. The zero-order valence-electron chi connectivity index (χ0n) is 16.2. The van der Waals surface area contributed by atoms with Crippen molar-refractivity contribution in [2.45, 2.75) is 19.9 Å². The number of amides is 3. The van der Waals surface area contributed by atoms with Crippen LogP contribution in [0.2, 0.25) is 0 Å². The number of hydrogen-bond donors (Lipinski definition) is 1. The number of nitrogens with zero attached hydrogens (tertiary/aromatic N) is 2. The van der Waals surface area contributed by atoms with E-state index in [0.29, 0.717) is 18.7 Å². The zero-order valence-corrected chi connectivity index (χ0v) is 16.2. The molecular weight excluding hydrogens is 354 g/mol. The predicted octanol–water partition coefficient (Wildman–Crippen LogP) is 3.39. The Morgan fingerprint density at radius 3 is 2.39 bits per heavy atom. The summed E-state index contributed by atoms with van der Waals surface area (Å²) < 4.78 is 5.48. The number of aryl methyl sites for hydroxylation is 1. The van der Waals surface area contributed by atoms with Gasteiger partial charge in [-0.1, -0.05) is 29.8 Å². The van der Waals surface area contributed by atoms with Crippen molar-refractivity contribution in [3.8, 4) is 5.75 Å². The maximum atomic E-state index is 13.3. The number of carbonyl (C=O) groups excluding carboxylic acids is 2. The Kier molecular flexibility index (Phi) is 4.55. The predicted molar refractivity (Wildman–Crippen MR) is 107 cm³/mol. The van der Waals surface area contributed by atoms with Gasteiger partial charge in [-0.05, 0) is 43.7 Å². The number of likely N-dealkylation sites (N-methyl/N-ethyl adjacent to an activating group) is 1. The highest BCUT2D eigenvalue weighted by molar-refractivity contribution is 6.11. The van der Waals surface area contributed by atoms with Crippen LogP contribution in [0.5, 0.6) is 5.75 Å². The van der Waals surface area contributed by atoms with E-state index >= 15 is 0 Å². The van der Waals surface area contributed by atoms with Gasteiger partial charge in [-0.3, -0.25) is 9.69 Å². The lowest BCUT2D eigenvalue weighted by molar-refractivity contribution is -0.114. The van der Waals surface area contributed by atoms with E-state index in [0.717, 1.165) is 28.3 Å².